The number of rotatable bonds is 3. The van der Waals surface area contributed by atoms with Crippen molar-refractivity contribution in [3.05, 3.63) is 73.1 Å². The first-order valence-corrected chi connectivity index (χ1v) is 9.78. The van der Waals surface area contributed by atoms with Crippen molar-refractivity contribution in [2.24, 2.45) is 0 Å². The molecular weight excluding hydrogens is 388 g/mol. The van der Waals surface area contributed by atoms with E-state index in [9.17, 15) is 0 Å². The third kappa shape index (κ3) is 2.84. The minimum atomic E-state index is 0.671. The number of hydrogen-bond acceptors (Lipinski definition) is 6. The van der Waals surface area contributed by atoms with Crippen LogP contribution in [0.1, 0.15) is 5.56 Å². The zero-order chi connectivity index (χ0) is 20.8. The van der Waals surface area contributed by atoms with E-state index in [0.29, 0.717) is 5.82 Å². The van der Waals surface area contributed by atoms with Crippen LogP contribution in [0.15, 0.2) is 67.5 Å². The van der Waals surface area contributed by atoms with E-state index in [1.54, 1.807) is 31.0 Å². The molecule has 6 heterocycles. The maximum Gasteiger partial charge on any atom is 0.159 e. The van der Waals surface area contributed by atoms with Crippen molar-refractivity contribution in [3.63, 3.8) is 0 Å². The number of nitrogens with one attached hydrogen (secondary N) is 2. The summed E-state index contributed by atoms with van der Waals surface area (Å²) in [5, 5.41) is 8.51. The van der Waals surface area contributed by atoms with Crippen molar-refractivity contribution in [1.82, 2.24) is 40.1 Å². The molecule has 0 unspecified atom stereocenters. The number of nitrogens with zero attached hydrogens (tertiary/aromatic N) is 6. The Morgan fingerprint density at radius 3 is 2.55 bits per heavy atom. The second-order valence-electron chi connectivity index (χ2n) is 7.25. The van der Waals surface area contributed by atoms with Gasteiger partial charge in [0.25, 0.3) is 0 Å². The number of pyridine rings is 4. The minimum absolute atomic E-state index is 0.671. The summed E-state index contributed by atoms with van der Waals surface area (Å²) in [6.07, 6.45) is 10.7. The van der Waals surface area contributed by atoms with Crippen molar-refractivity contribution < 1.29 is 0 Å². The molecule has 0 aliphatic carbocycles. The molecule has 0 fully saturated rings. The lowest BCUT2D eigenvalue weighted by Crippen LogP contribution is -1.89. The summed E-state index contributed by atoms with van der Waals surface area (Å²) in [4.78, 5) is 25.7. The molecule has 0 aliphatic rings. The summed E-state index contributed by atoms with van der Waals surface area (Å²) in [6.45, 7) is 2.05. The molecule has 6 aromatic rings. The van der Waals surface area contributed by atoms with E-state index in [2.05, 4.69) is 35.1 Å². The van der Waals surface area contributed by atoms with Gasteiger partial charge in [-0.1, -0.05) is 0 Å². The van der Waals surface area contributed by atoms with Gasteiger partial charge in [-0.15, -0.1) is 0 Å². The van der Waals surface area contributed by atoms with E-state index in [0.717, 1.165) is 55.7 Å². The summed E-state index contributed by atoms with van der Waals surface area (Å²) >= 11 is 0. The summed E-state index contributed by atoms with van der Waals surface area (Å²) in [6, 6.07) is 9.76. The lowest BCUT2D eigenvalue weighted by Gasteiger charge is -2.04. The second-order valence-corrected chi connectivity index (χ2v) is 7.25. The normalized spacial score (nSPS) is 11.4. The Balaban J connectivity index is 1.52. The number of aromatic nitrogens is 8. The van der Waals surface area contributed by atoms with Gasteiger partial charge in [0, 0.05) is 47.5 Å². The predicted molar refractivity (Wildman–Crippen MR) is 118 cm³/mol. The summed E-state index contributed by atoms with van der Waals surface area (Å²) < 4.78 is 0. The van der Waals surface area contributed by atoms with Crippen LogP contribution in [0.25, 0.3) is 56.0 Å². The molecule has 0 saturated heterocycles. The first-order valence-electron chi connectivity index (χ1n) is 9.78. The van der Waals surface area contributed by atoms with Gasteiger partial charge in [0.15, 0.2) is 5.82 Å². The van der Waals surface area contributed by atoms with Gasteiger partial charge < -0.3 is 4.98 Å². The van der Waals surface area contributed by atoms with Crippen LogP contribution in [-0.2, 0) is 0 Å². The minimum Gasteiger partial charge on any atom is -0.336 e. The molecule has 8 nitrogen and oxygen atoms in total. The van der Waals surface area contributed by atoms with Crippen LogP contribution in [0.5, 0.6) is 0 Å². The van der Waals surface area contributed by atoms with Crippen molar-refractivity contribution in [2.75, 3.05) is 0 Å². The van der Waals surface area contributed by atoms with Crippen LogP contribution < -0.4 is 0 Å². The molecule has 8 heteroatoms. The largest absolute Gasteiger partial charge is 0.336 e. The van der Waals surface area contributed by atoms with Gasteiger partial charge in [0.2, 0.25) is 0 Å². The Kier molecular flexibility index (Phi) is 3.82. The first-order chi connectivity index (χ1) is 15.3. The Labute approximate surface area is 176 Å². The van der Waals surface area contributed by atoms with Crippen LogP contribution in [-0.4, -0.2) is 40.1 Å². The van der Waals surface area contributed by atoms with E-state index >= 15 is 0 Å². The highest BCUT2D eigenvalue weighted by atomic mass is 15.1. The van der Waals surface area contributed by atoms with Crippen LogP contribution in [0.4, 0.5) is 0 Å². The van der Waals surface area contributed by atoms with E-state index in [1.165, 1.54) is 0 Å². The van der Waals surface area contributed by atoms with Crippen LogP contribution in [0.2, 0.25) is 0 Å². The number of aromatic amines is 2. The second kappa shape index (κ2) is 6.81. The third-order valence-electron chi connectivity index (χ3n) is 5.34. The smallest absolute Gasteiger partial charge is 0.159 e. The van der Waals surface area contributed by atoms with Gasteiger partial charge in [0.1, 0.15) is 11.2 Å². The monoisotopic (exact) mass is 404 g/mol. The Morgan fingerprint density at radius 2 is 1.68 bits per heavy atom. The highest BCUT2D eigenvalue weighted by Crippen LogP contribution is 2.31. The van der Waals surface area contributed by atoms with Crippen LogP contribution in [0.3, 0.4) is 0 Å². The predicted octanol–water partition coefficient (Wildman–Crippen LogP) is 4.33. The van der Waals surface area contributed by atoms with Gasteiger partial charge in [-0.3, -0.25) is 25.0 Å². The molecular formula is C23H16N8. The summed E-state index contributed by atoms with van der Waals surface area (Å²) in [5.74, 6) is 0.671. The Morgan fingerprint density at radius 1 is 0.806 bits per heavy atom. The van der Waals surface area contributed by atoms with Crippen LogP contribution in [0, 0.1) is 6.92 Å². The number of hydrogen-bond donors (Lipinski definition) is 2. The summed E-state index contributed by atoms with van der Waals surface area (Å²) in [5.41, 5.74) is 7.97. The van der Waals surface area contributed by atoms with Gasteiger partial charge in [-0.05, 0) is 42.8 Å². The quantitative estimate of drug-likeness (QED) is 0.454. The molecule has 6 aromatic heterocycles. The topological polar surface area (TPSA) is 109 Å². The average molecular weight is 404 g/mol. The molecule has 2 N–H and O–H groups in total. The molecule has 0 amide bonds. The van der Waals surface area contributed by atoms with Gasteiger partial charge in [-0.25, -0.2) is 4.98 Å². The number of imidazole rings is 1. The molecule has 0 aromatic carbocycles. The lowest BCUT2D eigenvalue weighted by atomic mass is 10.1. The molecule has 31 heavy (non-hydrogen) atoms. The van der Waals surface area contributed by atoms with E-state index in [4.69, 9.17) is 4.98 Å². The zero-order valence-corrected chi connectivity index (χ0v) is 16.5. The maximum absolute atomic E-state index is 4.85. The fourth-order valence-corrected chi connectivity index (χ4v) is 3.75. The molecule has 0 bridgehead atoms. The molecule has 0 aliphatic heterocycles. The lowest BCUT2D eigenvalue weighted by molar-refractivity contribution is 1.10. The first kappa shape index (κ1) is 17.4. The molecule has 0 saturated carbocycles. The van der Waals surface area contributed by atoms with E-state index in [-0.39, 0.29) is 0 Å². The fourth-order valence-electron chi connectivity index (χ4n) is 3.75. The van der Waals surface area contributed by atoms with Crippen molar-refractivity contribution in [1.29, 1.82) is 0 Å². The summed E-state index contributed by atoms with van der Waals surface area (Å²) in [7, 11) is 0. The van der Waals surface area contributed by atoms with Gasteiger partial charge >= 0.3 is 0 Å². The Hall–Kier alpha value is -4.46. The fraction of sp³-hybridized carbons (Fsp3) is 0.0435. The molecule has 0 radical (unpaired) electrons. The molecule has 0 atom stereocenters. The third-order valence-corrected chi connectivity index (χ3v) is 5.34. The average Bonchev–Trinajstić information content (AvgIpc) is 3.43. The van der Waals surface area contributed by atoms with Gasteiger partial charge in [-0.2, -0.15) is 5.10 Å². The Bertz CT molecular complexity index is 1550. The number of aryl methyl sites for hydroxylation is 1. The number of fused-ring (bicyclic) bond motifs is 2. The van der Waals surface area contributed by atoms with Crippen molar-refractivity contribution >= 4 is 21.9 Å². The highest BCUT2D eigenvalue weighted by molar-refractivity contribution is 5.96. The van der Waals surface area contributed by atoms with Gasteiger partial charge in [0.05, 0.1) is 28.6 Å². The van der Waals surface area contributed by atoms with E-state index in [1.807, 2.05) is 43.5 Å². The number of H-pyrrole nitrogens is 2. The standard InChI is InChI=1S/C23H16N8/c1-13-2-6-25-11-16(13)18-10-15-19(12-27-18)30-31-21(15)23-28-17-5-9-26-20(22(17)29-23)14-3-7-24-8-4-14/h2-12H,1H3,(H,28,29)(H,30,31). The molecule has 0 spiro atoms. The molecule has 6 rings (SSSR count). The zero-order valence-electron chi connectivity index (χ0n) is 16.5. The molecule has 148 valence electrons. The van der Waals surface area contributed by atoms with Crippen molar-refractivity contribution in [2.45, 2.75) is 6.92 Å². The SMILES string of the molecule is Cc1ccncc1-c1cc2c(-c3nc4c(-c5ccncc5)nccc4[nH]3)n[nH]c2cn1. The van der Waals surface area contributed by atoms with Crippen molar-refractivity contribution in [3.8, 4) is 34.0 Å². The highest BCUT2D eigenvalue weighted by Gasteiger charge is 2.17. The van der Waals surface area contributed by atoms with E-state index < -0.39 is 0 Å². The maximum atomic E-state index is 4.85. The van der Waals surface area contributed by atoms with Crippen LogP contribution >= 0.6 is 0 Å².